The van der Waals surface area contributed by atoms with Gasteiger partial charge in [0, 0.05) is 25.2 Å². The Morgan fingerprint density at radius 2 is 2.00 bits per heavy atom. The molecule has 0 radical (unpaired) electrons. The highest BCUT2D eigenvalue weighted by Gasteiger charge is 2.17. The van der Waals surface area contributed by atoms with E-state index in [-0.39, 0.29) is 37.7 Å². The van der Waals surface area contributed by atoms with Crippen LogP contribution in [-0.2, 0) is 9.53 Å². The molecule has 4 unspecified atom stereocenters. The SMILES string of the molecule is CC(O)C(O)CC(N)CCC(CN)NCCC(=O)OCCO. The van der Waals surface area contributed by atoms with Gasteiger partial charge in [0.05, 0.1) is 25.2 Å². The first-order valence-electron chi connectivity index (χ1n) is 7.72. The molecule has 8 heteroatoms. The molecule has 0 aromatic heterocycles. The van der Waals surface area contributed by atoms with E-state index in [9.17, 15) is 15.0 Å². The zero-order valence-corrected chi connectivity index (χ0v) is 13.3. The highest BCUT2D eigenvalue weighted by molar-refractivity contribution is 5.69. The largest absolute Gasteiger partial charge is 0.463 e. The van der Waals surface area contributed by atoms with Crippen LogP contribution in [0.5, 0.6) is 0 Å². The van der Waals surface area contributed by atoms with Gasteiger partial charge in [-0.3, -0.25) is 4.79 Å². The first-order valence-corrected chi connectivity index (χ1v) is 7.72. The van der Waals surface area contributed by atoms with Crippen molar-refractivity contribution in [3.63, 3.8) is 0 Å². The Labute approximate surface area is 131 Å². The fraction of sp³-hybridized carbons (Fsp3) is 0.929. The van der Waals surface area contributed by atoms with Crippen LogP contribution >= 0.6 is 0 Å². The van der Waals surface area contributed by atoms with E-state index in [0.717, 1.165) is 6.42 Å². The second kappa shape index (κ2) is 12.7. The molecule has 0 heterocycles. The molecule has 0 rings (SSSR count). The van der Waals surface area contributed by atoms with Gasteiger partial charge < -0.3 is 36.8 Å². The molecule has 0 aromatic rings. The fourth-order valence-electron chi connectivity index (χ4n) is 1.95. The van der Waals surface area contributed by atoms with Crippen molar-refractivity contribution in [3.05, 3.63) is 0 Å². The summed E-state index contributed by atoms with van der Waals surface area (Å²) in [5.41, 5.74) is 11.6. The summed E-state index contributed by atoms with van der Waals surface area (Å²) in [4.78, 5) is 11.2. The average Bonchev–Trinajstić information content (AvgIpc) is 2.48. The Morgan fingerprint density at radius 1 is 1.32 bits per heavy atom. The summed E-state index contributed by atoms with van der Waals surface area (Å²) in [7, 11) is 0. The second-order valence-electron chi connectivity index (χ2n) is 5.46. The molecule has 0 saturated heterocycles. The van der Waals surface area contributed by atoms with Crippen LogP contribution in [0.25, 0.3) is 0 Å². The standard InChI is InChI=1S/C14H31N3O5/c1-10(19)13(20)8-11(16)2-3-12(9-15)17-5-4-14(21)22-7-6-18/h10-13,17-20H,2-9,15-16H2,1H3. The fourth-order valence-corrected chi connectivity index (χ4v) is 1.95. The number of nitrogens with two attached hydrogens (primary N) is 2. The van der Waals surface area contributed by atoms with Gasteiger partial charge in [0.25, 0.3) is 0 Å². The maximum Gasteiger partial charge on any atom is 0.307 e. The number of esters is 1. The second-order valence-corrected chi connectivity index (χ2v) is 5.46. The molecule has 0 bridgehead atoms. The monoisotopic (exact) mass is 321 g/mol. The van der Waals surface area contributed by atoms with Crippen LogP contribution in [-0.4, -0.2) is 71.9 Å². The van der Waals surface area contributed by atoms with Gasteiger partial charge in [-0.05, 0) is 26.2 Å². The maximum atomic E-state index is 11.2. The molecule has 0 amide bonds. The lowest BCUT2D eigenvalue weighted by Gasteiger charge is -2.21. The lowest BCUT2D eigenvalue weighted by molar-refractivity contribution is -0.144. The normalized spacial score (nSPS) is 16.8. The number of aliphatic hydroxyl groups excluding tert-OH is 3. The third-order valence-corrected chi connectivity index (χ3v) is 3.39. The molecule has 0 aliphatic heterocycles. The van der Waals surface area contributed by atoms with E-state index in [1.165, 1.54) is 6.92 Å². The smallest absolute Gasteiger partial charge is 0.307 e. The van der Waals surface area contributed by atoms with Gasteiger partial charge in [0.1, 0.15) is 6.61 Å². The molecule has 8 nitrogen and oxygen atoms in total. The van der Waals surface area contributed by atoms with Crippen LogP contribution < -0.4 is 16.8 Å². The maximum absolute atomic E-state index is 11.2. The van der Waals surface area contributed by atoms with Gasteiger partial charge in [-0.25, -0.2) is 0 Å². The topological polar surface area (TPSA) is 151 Å². The van der Waals surface area contributed by atoms with Crippen molar-refractivity contribution in [2.24, 2.45) is 11.5 Å². The molecule has 0 aliphatic rings. The average molecular weight is 321 g/mol. The Kier molecular flexibility index (Phi) is 12.3. The molecular weight excluding hydrogens is 290 g/mol. The van der Waals surface area contributed by atoms with Crippen LogP contribution in [0.3, 0.4) is 0 Å². The summed E-state index contributed by atoms with van der Waals surface area (Å²) < 4.78 is 4.74. The van der Waals surface area contributed by atoms with Gasteiger partial charge in [-0.2, -0.15) is 0 Å². The lowest BCUT2D eigenvalue weighted by atomic mass is 9.99. The number of rotatable bonds is 13. The Balaban J connectivity index is 3.85. The Morgan fingerprint density at radius 3 is 2.55 bits per heavy atom. The number of hydrogen-bond acceptors (Lipinski definition) is 8. The van der Waals surface area contributed by atoms with Gasteiger partial charge in [0.15, 0.2) is 0 Å². The number of nitrogens with one attached hydrogen (secondary N) is 1. The highest BCUT2D eigenvalue weighted by atomic mass is 16.5. The molecular formula is C14H31N3O5. The lowest BCUT2D eigenvalue weighted by Crippen LogP contribution is -2.39. The van der Waals surface area contributed by atoms with E-state index in [0.29, 0.717) is 25.9 Å². The molecule has 0 fully saturated rings. The van der Waals surface area contributed by atoms with E-state index in [1.54, 1.807) is 0 Å². The van der Waals surface area contributed by atoms with Gasteiger partial charge >= 0.3 is 5.97 Å². The molecule has 0 aliphatic carbocycles. The van der Waals surface area contributed by atoms with Gasteiger partial charge in [-0.15, -0.1) is 0 Å². The highest BCUT2D eigenvalue weighted by Crippen LogP contribution is 2.08. The van der Waals surface area contributed by atoms with E-state index in [1.807, 2.05) is 0 Å². The summed E-state index contributed by atoms with van der Waals surface area (Å²) in [6.07, 6.45) is 0.315. The molecule has 0 aromatic carbocycles. The summed E-state index contributed by atoms with van der Waals surface area (Å²) in [5, 5.41) is 30.5. The van der Waals surface area contributed by atoms with E-state index >= 15 is 0 Å². The van der Waals surface area contributed by atoms with Crippen molar-refractivity contribution in [2.75, 3.05) is 26.3 Å². The molecule has 4 atom stereocenters. The molecule has 0 spiro atoms. The Bertz CT molecular complexity index is 292. The zero-order valence-electron chi connectivity index (χ0n) is 13.3. The van der Waals surface area contributed by atoms with Crippen molar-refractivity contribution in [1.82, 2.24) is 5.32 Å². The van der Waals surface area contributed by atoms with Gasteiger partial charge in [0.2, 0.25) is 0 Å². The van der Waals surface area contributed by atoms with Gasteiger partial charge in [-0.1, -0.05) is 0 Å². The predicted octanol–water partition coefficient (Wildman–Crippen LogP) is -1.93. The zero-order chi connectivity index (χ0) is 17.0. The molecule has 22 heavy (non-hydrogen) atoms. The number of aliphatic hydroxyl groups is 3. The van der Waals surface area contributed by atoms with Crippen LogP contribution in [0.15, 0.2) is 0 Å². The van der Waals surface area contributed by atoms with Crippen molar-refractivity contribution in [3.8, 4) is 0 Å². The predicted molar refractivity (Wildman–Crippen MR) is 83.0 cm³/mol. The molecule has 132 valence electrons. The van der Waals surface area contributed by atoms with E-state index in [4.69, 9.17) is 21.3 Å². The number of carbonyl (C=O) groups is 1. The van der Waals surface area contributed by atoms with Crippen LogP contribution in [0.4, 0.5) is 0 Å². The van der Waals surface area contributed by atoms with E-state index < -0.39 is 12.2 Å². The number of ether oxygens (including phenoxy) is 1. The summed E-state index contributed by atoms with van der Waals surface area (Å²) >= 11 is 0. The minimum absolute atomic E-state index is 0.0135. The Hall–Kier alpha value is -0.770. The minimum atomic E-state index is -0.819. The summed E-state index contributed by atoms with van der Waals surface area (Å²) in [6, 6.07) is -0.185. The van der Waals surface area contributed by atoms with Crippen molar-refractivity contribution in [2.45, 2.75) is 56.9 Å². The summed E-state index contributed by atoms with van der Waals surface area (Å²) in [5.74, 6) is -0.367. The quantitative estimate of drug-likeness (QED) is 0.215. The third-order valence-electron chi connectivity index (χ3n) is 3.39. The van der Waals surface area contributed by atoms with Crippen LogP contribution in [0, 0.1) is 0 Å². The van der Waals surface area contributed by atoms with Crippen LogP contribution in [0.2, 0.25) is 0 Å². The van der Waals surface area contributed by atoms with E-state index in [2.05, 4.69) is 5.32 Å². The summed E-state index contributed by atoms with van der Waals surface area (Å²) in [6.45, 7) is 2.22. The van der Waals surface area contributed by atoms with Crippen molar-refractivity contribution >= 4 is 5.97 Å². The van der Waals surface area contributed by atoms with Crippen molar-refractivity contribution < 1.29 is 24.9 Å². The van der Waals surface area contributed by atoms with Crippen LogP contribution in [0.1, 0.15) is 32.6 Å². The number of carbonyl (C=O) groups excluding carboxylic acids is 1. The van der Waals surface area contributed by atoms with Crippen molar-refractivity contribution in [1.29, 1.82) is 0 Å². The number of hydrogen-bond donors (Lipinski definition) is 6. The third kappa shape index (κ3) is 10.9. The minimum Gasteiger partial charge on any atom is -0.463 e. The first kappa shape index (κ1) is 21.2. The first-order chi connectivity index (χ1) is 10.4. The molecule has 8 N–H and O–H groups in total. The molecule has 0 saturated carbocycles.